The minimum absolute atomic E-state index is 0.00676. The van der Waals surface area contributed by atoms with Gasteiger partial charge in [-0.25, -0.2) is 35.1 Å². The molecule has 0 nitrogen and oxygen atoms in total. The van der Waals surface area contributed by atoms with Gasteiger partial charge in [-0.3, -0.25) is 0 Å². The first-order chi connectivity index (χ1) is 17.6. The summed E-state index contributed by atoms with van der Waals surface area (Å²) in [5.74, 6) is -9.51. The fourth-order valence-electron chi connectivity index (χ4n) is 4.21. The maximum Gasteiger partial charge on any atom is 0.194 e. The van der Waals surface area contributed by atoms with E-state index in [4.69, 9.17) is 0 Å². The molecule has 0 fully saturated rings. The zero-order valence-corrected chi connectivity index (χ0v) is 19.5. The summed E-state index contributed by atoms with van der Waals surface area (Å²) in [6.45, 7) is 1.82. The lowest BCUT2D eigenvalue weighted by Gasteiger charge is -2.12. The van der Waals surface area contributed by atoms with Crippen molar-refractivity contribution in [3.63, 3.8) is 0 Å². The SMILES string of the molecule is CCCc1ccc(-c2ccc(-c3cc(F)c(CCc4cc(F)c(F)c(F)c4)c(F)c3)c(F)c2)c(F)c1F. The van der Waals surface area contributed by atoms with E-state index in [9.17, 15) is 35.1 Å². The molecular formula is C29H20F8. The molecule has 0 N–H and O–H groups in total. The van der Waals surface area contributed by atoms with Crippen molar-refractivity contribution >= 4 is 0 Å². The molecule has 0 atom stereocenters. The molecule has 0 saturated carbocycles. The average molecular weight is 520 g/mol. The third-order valence-corrected chi connectivity index (χ3v) is 6.12. The molecule has 0 amide bonds. The van der Waals surface area contributed by atoms with Crippen molar-refractivity contribution in [1.82, 2.24) is 0 Å². The fraction of sp³-hybridized carbons (Fsp3) is 0.172. The van der Waals surface area contributed by atoms with Crippen molar-refractivity contribution in [2.24, 2.45) is 0 Å². The molecule has 0 aliphatic rings. The molecular weight excluding hydrogens is 500 g/mol. The van der Waals surface area contributed by atoms with Crippen LogP contribution in [-0.4, -0.2) is 0 Å². The largest absolute Gasteiger partial charge is 0.207 e. The third kappa shape index (κ3) is 5.38. The van der Waals surface area contributed by atoms with E-state index in [1.54, 1.807) is 0 Å². The smallest absolute Gasteiger partial charge is 0.194 e. The van der Waals surface area contributed by atoms with Gasteiger partial charge in [-0.05, 0) is 71.8 Å². The Labute approximate surface area is 208 Å². The van der Waals surface area contributed by atoms with Crippen LogP contribution in [0.15, 0.2) is 54.6 Å². The molecule has 4 aromatic carbocycles. The Bertz CT molecular complexity index is 1430. The molecule has 0 unspecified atom stereocenters. The Hall–Kier alpha value is -3.68. The van der Waals surface area contributed by atoms with Crippen LogP contribution in [0, 0.1) is 46.5 Å². The summed E-state index contributed by atoms with van der Waals surface area (Å²) < 4.78 is 113. The fourth-order valence-corrected chi connectivity index (χ4v) is 4.21. The molecule has 37 heavy (non-hydrogen) atoms. The van der Waals surface area contributed by atoms with Gasteiger partial charge in [0.05, 0.1) is 0 Å². The maximum atomic E-state index is 14.9. The Morgan fingerprint density at radius 1 is 0.486 bits per heavy atom. The lowest BCUT2D eigenvalue weighted by Crippen LogP contribution is -2.02. The molecule has 4 rings (SSSR count). The second-order valence-corrected chi connectivity index (χ2v) is 8.64. The van der Waals surface area contributed by atoms with Gasteiger partial charge in [-0.1, -0.05) is 37.6 Å². The van der Waals surface area contributed by atoms with E-state index in [2.05, 4.69) is 0 Å². The van der Waals surface area contributed by atoms with Crippen LogP contribution < -0.4 is 0 Å². The Balaban J connectivity index is 1.60. The molecule has 0 heterocycles. The standard InChI is InChI=1S/C29H20F8/c1-2-3-16-5-9-20(28(36)27(16)35)17-6-8-19(22(30)12-17)18-13-23(31)21(24(32)14-18)7-4-15-10-25(33)29(37)26(34)11-15/h5-6,8-14H,2-4,7H2,1H3. The predicted octanol–water partition coefficient (Wildman–Crippen LogP) is 8.87. The van der Waals surface area contributed by atoms with Gasteiger partial charge >= 0.3 is 0 Å². The first kappa shape index (κ1) is 26.4. The minimum Gasteiger partial charge on any atom is -0.207 e. The van der Waals surface area contributed by atoms with Gasteiger partial charge in [0, 0.05) is 16.7 Å². The molecule has 0 radical (unpaired) electrons. The highest BCUT2D eigenvalue weighted by molar-refractivity contribution is 5.72. The summed E-state index contributed by atoms with van der Waals surface area (Å²) in [6.07, 6.45) is 0.502. The zero-order chi connectivity index (χ0) is 26.9. The van der Waals surface area contributed by atoms with E-state index in [1.807, 2.05) is 6.92 Å². The van der Waals surface area contributed by atoms with Crippen molar-refractivity contribution in [3.05, 3.63) is 118 Å². The van der Waals surface area contributed by atoms with Crippen LogP contribution in [0.25, 0.3) is 22.3 Å². The first-order valence-corrected chi connectivity index (χ1v) is 11.5. The molecule has 0 aliphatic heterocycles. The summed E-state index contributed by atoms with van der Waals surface area (Å²) in [5.41, 5.74) is -0.573. The normalized spacial score (nSPS) is 11.3. The summed E-state index contributed by atoms with van der Waals surface area (Å²) >= 11 is 0. The zero-order valence-electron chi connectivity index (χ0n) is 19.5. The second kappa shape index (κ2) is 10.7. The molecule has 8 heteroatoms. The highest BCUT2D eigenvalue weighted by atomic mass is 19.2. The van der Waals surface area contributed by atoms with E-state index in [1.165, 1.54) is 24.3 Å². The monoisotopic (exact) mass is 520 g/mol. The van der Waals surface area contributed by atoms with Gasteiger partial charge in [-0.15, -0.1) is 0 Å². The van der Waals surface area contributed by atoms with Crippen molar-refractivity contribution in [2.75, 3.05) is 0 Å². The Morgan fingerprint density at radius 2 is 1.08 bits per heavy atom. The van der Waals surface area contributed by atoms with Crippen LogP contribution in [0.3, 0.4) is 0 Å². The quantitative estimate of drug-likeness (QED) is 0.169. The number of benzene rings is 4. The van der Waals surface area contributed by atoms with E-state index in [0.29, 0.717) is 12.8 Å². The molecule has 192 valence electrons. The molecule has 0 aliphatic carbocycles. The van der Waals surface area contributed by atoms with E-state index in [-0.39, 0.29) is 46.2 Å². The summed E-state index contributed by atoms with van der Waals surface area (Å²) in [7, 11) is 0. The topological polar surface area (TPSA) is 0 Å². The number of hydrogen-bond donors (Lipinski definition) is 0. The number of hydrogen-bond acceptors (Lipinski definition) is 0. The van der Waals surface area contributed by atoms with Gasteiger partial charge in [0.15, 0.2) is 29.1 Å². The van der Waals surface area contributed by atoms with Crippen LogP contribution in [-0.2, 0) is 19.3 Å². The van der Waals surface area contributed by atoms with Crippen molar-refractivity contribution < 1.29 is 35.1 Å². The van der Waals surface area contributed by atoms with Crippen molar-refractivity contribution in [3.8, 4) is 22.3 Å². The maximum absolute atomic E-state index is 14.9. The minimum atomic E-state index is -1.64. The van der Waals surface area contributed by atoms with Gasteiger partial charge in [0.25, 0.3) is 0 Å². The van der Waals surface area contributed by atoms with Crippen LogP contribution in [0.4, 0.5) is 35.1 Å². The highest BCUT2D eigenvalue weighted by Gasteiger charge is 2.19. The number of halogens is 8. The van der Waals surface area contributed by atoms with E-state index < -0.39 is 52.1 Å². The molecule has 0 spiro atoms. The molecule has 4 aromatic rings. The summed E-state index contributed by atoms with van der Waals surface area (Å²) in [5, 5.41) is 0. The summed E-state index contributed by atoms with van der Waals surface area (Å²) in [6, 6.07) is 9.55. The second-order valence-electron chi connectivity index (χ2n) is 8.64. The Kier molecular flexibility index (Phi) is 7.66. The number of rotatable bonds is 7. The van der Waals surface area contributed by atoms with Crippen molar-refractivity contribution in [1.29, 1.82) is 0 Å². The van der Waals surface area contributed by atoms with E-state index >= 15 is 0 Å². The van der Waals surface area contributed by atoms with E-state index in [0.717, 1.165) is 30.3 Å². The van der Waals surface area contributed by atoms with Gasteiger partial charge in [0.1, 0.15) is 17.5 Å². The van der Waals surface area contributed by atoms with Gasteiger partial charge in [0.2, 0.25) is 0 Å². The highest BCUT2D eigenvalue weighted by Crippen LogP contribution is 2.33. The lowest BCUT2D eigenvalue weighted by molar-refractivity contribution is 0.445. The van der Waals surface area contributed by atoms with Gasteiger partial charge in [-0.2, -0.15) is 0 Å². The van der Waals surface area contributed by atoms with Crippen LogP contribution in [0.5, 0.6) is 0 Å². The average Bonchev–Trinajstić information content (AvgIpc) is 2.85. The molecule has 0 aromatic heterocycles. The van der Waals surface area contributed by atoms with Crippen LogP contribution in [0.2, 0.25) is 0 Å². The lowest BCUT2D eigenvalue weighted by atomic mass is 9.96. The molecule has 0 bridgehead atoms. The third-order valence-electron chi connectivity index (χ3n) is 6.12. The number of aryl methyl sites for hydroxylation is 2. The molecule has 0 saturated heterocycles. The predicted molar refractivity (Wildman–Crippen MR) is 125 cm³/mol. The van der Waals surface area contributed by atoms with Crippen LogP contribution in [0.1, 0.15) is 30.0 Å². The van der Waals surface area contributed by atoms with Crippen LogP contribution >= 0.6 is 0 Å². The van der Waals surface area contributed by atoms with Gasteiger partial charge < -0.3 is 0 Å². The Morgan fingerprint density at radius 3 is 1.68 bits per heavy atom. The first-order valence-electron chi connectivity index (χ1n) is 11.5. The van der Waals surface area contributed by atoms with Crippen molar-refractivity contribution in [2.45, 2.75) is 32.6 Å². The summed E-state index contributed by atoms with van der Waals surface area (Å²) in [4.78, 5) is 0.